The van der Waals surface area contributed by atoms with Gasteiger partial charge >= 0.3 is 0 Å². The van der Waals surface area contributed by atoms with E-state index in [-0.39, 0.29) is 11.4 Å². The van der Waals surface area contributed by atoms with Crippen LogP contribution < -0.4 is 4.74 Å². The van der Waals surface area contributed by atoms with E-state index in [1.54, 1.807) is 6.07 Å². The van der Waals surface area contributed by atoms with Crippen molar-refractivity contribution in [2.75, 3.05) is 0 Å². The standard InChI is InChI=1S/C16H21FO2/c1-2-11-4-3-7-16(9-11)10-14(18)13-6-5-12(17)8-15(13)19-16/h5-6,8,11,14,18H,2-4,7,9-10H2,1H3. The molecule has 19 heavy (non-hydrogen) atoms. The molecular formula is C16H21FO2. The van der Waals surface area contributed by atoms with Crippen LogP contribution in [0.15, 0.2) is 18.2 Å². The summed E-state index contributed by atoms with van der Waals surface area (Å²) in [5.74, 6) is 0.900. The summed E-state index contributed by atoms with van der Waals surface area (Å²) in [6, 6.07) is 4.44. The summed E-state index contributed by atoms with van der Waals surface area (Å²) < 4.78 is 19.5. The summed E-state index contributed by atoms with van der Waals surface area (Å²) in [5, 5.41) is 10.3. The Balaban J connectivity index is 1.90. The first-order valence-electron chi connectivity index (χ1n) is 7.28. The summed E-state index contributed by atoms with van der Waals surface area (Å²) in [5.41, 5.74) is 0.449. The van der Waals surface area contributed by atoms with Gasteiger partial charge in [-0.2, -0.15) is 0 Å². The van der Waals surface area contributed by atoms with Crippen molar-refractivity contribution >= 4 is 0 Å². The fourth-order valence-electron chi connectivity index (χ4n) is 3.68. The third-order valence-corrected chi connectivity index (χ3v) is 4.71. The largest absolute Gasteiger partial charge is 0.487 e. The maximum atomic E-state index is 13.4. The predicted molar refractivity (Wildman–Crippen MR) is 71.6 cm³/mol. The van der Waals surface area contributed by atoms with E-state index in [2.05, 4.69) is 6.92 Å². The van der Waals surface area contributed by atoms with Gasteiger partial charge in [0.05, 0.1) is 6.10 Å². The van der Waals surface area contributed by atoms with Crippen molar-refractivity contribution in [2.24, 2.45) is 5.92 Å². The first-order chi connectivity index (χ1) is 9.12. The van der Waals surface area contributed by atoms with Crippen LogP contribution in [0.5, 0.6) is 5.75 Å². The van der Waals surface area contributed by atoms with Gasteiger partial charge in [-0.15, -0.1) is 0 Å². The van der Waals surface area contributed by atoms with Gasteiger partial charge < -0.3 is 9.84 Å². The van der Waals surface area contributed by atoms with Crippen molar-refractivity contribution in [2.45, 2.75) is 57.2 Å². The minimum Gasteiger partial charge on any atom is -0.487 e. The van der Waals surface area contributed by atoms with Crippen LogP contribution in [0, 0.1) is 11.7 Å². The Labute approximate surface area is 113 Å². The fraction of sp³-hybridized carbons (Fsp3) is 0.625. The topological polar surface area (TPSA) is 29.5 Å². The number of hydrogen-bond acceptors (Lipinski definition) is 2. The van der Waals surface area contributed by atoms with Crippen molar-refractivity contribution < 1.29 is 14.2 Å². The van der Waals surface area contributed by atoms with Crippen molar-refractivity contribution in [1.82, 2.24) is 0 Å². The summed E-state index contributed by atoms with van der Waals surface area (Å²) in [6.45, 7) is 2.20. The number of aliphatic hydroxyl groups is 1. The predicted octanol–water partition coefficient (Wildman–Crippen LogP) is 3.98. The van der Waals surface area contributed by atoms with Crippen molar-refractivity contribution in [3.05, 3.63) is 29.6 Å². The van der Waals surface area contributed by atoms with Gasteiger partial charge in [-0.1, -0.05) is 19.8 Å². The molecule has 3 unspecified atom stereocenters. The monoisotopic (exact) mass is 264 g/mol. The van der Waals surface area contributed by atoms with Gasteiger partial charge in [0.15, 0.2) is 0 Å². The van der Waals surface area contributed by atoms with Crippen LogP contribution in [0.2, 0.25) is 0 Å². The van der Waals surface area contributed by atoms with E-state index in [9.17, 15) is 9.50 Å². The van der Waals surface area contributed by atoms with E-state index in [4.69, 9.17) is 4.74 Å². The van der Waals surface area contributed by atoms with Crippen molar-refractivity contribution in [1.29, 1.82) is 0 Å². The molecule has 3 atom stereocenters. The zero-order valence-corrected chi connectivity index (χ0v) is 11.4. The molecule has 104 valence electrons. The molecule has 0 bridgehead atoms. The third-order valence-electron chi connectivity index (χ3n) is 4.71. The number of aliphatic hydroxyl groups excluding tert-OH is 1. The quantitative estimate of drug-likeness (QED) is 0.831. The van der Waals surface area contributed by atoms with E-state index in [1.165, 1.54) is 18.6 Å². The Kier molecular flexibility index (Phi) is 3.25. The molecule has 3 heteroatoms. The van der Waals surface area contributed by atoms with Gasteiger partial charge in [0.2, 0.25) is 0 Å². The molecule has 1 aromatic rings. The van der Waals surface area contributed by atoms with Crippen LogP contribution in [-0.2, 0) is 0 Å². The highest BCUT2D eigenvalue weighted by Crippen LogP contribution is 2.48. The molecule has 1 aromatic carbocycles. The van der Waals surface area contributed by atoms with E-state index in [1.807, 2.05) is 0 Å². The minimum absolute atomic E-state index is 0.279. The van der Waals surface area contributed by atoms with E-state index < -0.39 is 6.10 Å². The molecule has 0 aromatic heterocycles. The van der Waals surface area contributed by atoms with E-state index in [0.717, 1.165) is 31.2 Å². The normalized spacial score (nSPS) is 33.8. The smallest absolute Gasteiger partial charge is 0.128 e. The number of benzene rings is 1. The number of ether oxygens (including phenoxy) is 1. The third kappa shape index (κ3) is 2.36. The van der Waals surface area contributed by atoms with Crippen LogP contribution in [0.3, 0.4) is 0 Å². The molecule has 1 saturated carbocycles. The zero-order valence-electron chi connectivity index (χ0n) is 11.4. The highest BCUT2D eigenvalue weighted by atomic mass is 19.1. The number of rotatable bonds is 1. The van der Waals surface area contributed by atoms with Crippen molar-refractivity contribution in [3.8, 4) is 5.75 Å². The molecule has 1 spiro atoms. The maximum absolute atomic E-state index is 13.4. The Morgan fingerprint density at radius 2 is 2.26 bits per heavy atom. The van der Waals surface area contributed by atoms with Gasteiger partial charge in [0.25, 0.3) is 0 Å². The van der Waals surface area contributed by atoms with Gasteiger partial charge in [-0.3, -0.25) is 0 Å². The summed E-state index contributed by atoms with van der Waals surface area (Å²) in [6.07, 6.45) is 5.59. The van der Waals surface area contributed by atoms with Crippen LogP contribution >= 0.6 is 0 Å². The average molecular weight is 264 g/mol. The molecule has 1 fully saturated rings. The molecule has 1 heterocycles. The SMILES string of the molecule is CCC1CCCC2(C1)CC(O)c1ccc(F)cc1O2. The second-order valence-corrected chi connectivity index (χ2v) is 6.06. The fourth-order valence-corrected chi connectivity index (χ4v) is 3.68. The zero-order chi connectivity index (χ0) is 13.5. The Morgan fingerprint density at radius 1 is 1.42 bits per heavy atom. The summed E-state index contributed by atoms with van der Waals surface area (Å²) in [7, 11) is 0. The Hall–Kier alpha value is -1.09. The first kappa shape index (κ1) is 12.9. The Bertz CT molecular complexity index is 474. The van der Waals surface area contributed by atoms with E-state index in [0.29, 0.717) is 18.1 Å². The molecule has 0 amide bonds. The summed E-state index contributed by atoms with van der Waals surface area (Å²) in [4.78, 5) is 0. The maximum Gasteiger partial charge on any atom is 0.128 e. The number of halogens is 1. The van der Waals surface area contributed by atoms with Gasteiger partial charge in [0.1, 0.15) is 17.2 Å². The molecule has 1 aliphatic heterocycles. The highest BCUT2D eigenvalue weighted by Gasteiger charge is 2.43. The first-order valence-corrected chi connectivity index (χ1v) is 7.28. The lowest BCUT2D eigenvalue weighted by Gasteiger charge is -2.45. The molecule has 3 rings (SSSR count). The molecule has 1 aliphatic carbocycles. The Morgan fingerprint density at radius 3 is 3.05 bits per heavy atom. The average Bonchev–Trinajstić information content (AvgIpc) is 2.38. The van der Waals surface area contributed by atoms with Crippen molar-refractivity contribution in [3.63, 3.8) is 0 Å². The van der Waals surface area contributed by atoms with Crippen LogP contribution in [-0.4, -0.2) is 10.7 Å². The van der Waals surface area contributed by atoms with Gasteiger partial charge in [0, 0.05) is 18.1 Å². The number of hydrogen-bond donors (Lipinski definition) is 1. The molecule has 1 N–H and O–H groups in total. The minimum atomic E-state index is -0.528. The van der Waals surface area contributed by atoms with Crippen LogP contribution in [0.1, 0.15) is 57.1 Å². The van der Waals surface area contributed by atoms with Gasteiger partial charge in [-0.05, 0) is 37.3 Å². The van der Waals surface area contributed by atoms with E-state index >= 15 is 0 Å². The second-order valence-electron chi connectivity index (χ2n) is 6.06. The lowest BCUT2D eigenvalue weighted by molar-refractivity contribution is -0.0523. The lowest BCUT2D eigenvalue weighted by Crippen LogP contribution is -2.45. The molecule has 2 nitrogen and oxygen atoms in total. The second kappa shape index (κ2) is 4.78. The molecule has 0 radical (unpaired) electrons. The summed E-state index contributed by atoms with van der Waals surface area (Å²) >= 11 is 0. The molecule has 2 aliphatic rings. The van der Waals surface area contributed by atoms with Gasteiger partial charge in [-0.25, -0.2) is 4.39 Å². The lowest BCUT2D eigenvalue weighted by atomic mass is 9.72. The molecule has 0 saturated heterocycles. The van der Waals surface area contributed by atoms with Crippen LogP contribution in [0.25, 0.3) is 0 Å². The highest BCUT2D eigenvalue weighted by molar-refractivity contribution is 5.38. The van der Waals surface area contributed by atoms with Crippen LogP contribution in [0.4, 0.5) is 4.39 Å². The molecular weight excluding hydrogens is 243 g/mol. The number of fused-ring (bicyclic) bond motifs is 1.